The summed E-state index contributed by atoms with van der Waals surface area (Å²) >= 11 is 0. The predicted octanol–water partition coefficient (Wildman–Crippen LogP) is 2.21. The molecule has 1 N–H and O–H groups in total. The van der Waals surface area contributed by atoms with Crippen molar-refractivity contribution in [1.82, 2.24) is 10.3 Å². The van der Waals surface area contributed by atoms with E-state index in [4.69, 9.17) is 4.74 Å². The molecule has 1 atom stereocenters. The second-order valence-corrected chi connectivity index (χ2v) is 3.87. The Hall–Kier alpha value is -1.49. The van der Waals surface area contributed by atoms with Crippen LogP contribution in [0.2, 0.25) is 0 Å². The molecule has 1 aromatic heterocycles. The van der Waals surface area contributed by atoms with E-state index in [0.717, 1.165) is 12.1 Å². The highest BCUT2D eigenvalue weighted by molar-refractivity contribution is 5.69. The lowest BCUT2D eigenvalue weighted by atomic mass is 10.1. The lowest BCUT2D eigenvalue weighted by Gasteiger charge is -2.16. The second kappa shape index (κ2) is 7.76. The maximum absolute atomic E-state index is 12.8. The Morgan fingerprint density at radius 3 is 2.83 bits per heavy atom. The fourth-order valence-electron chi connectivity index (χ4n) is 1.63. The first-order chi connectivity index (χ1) is 8.67. The first kappa shape index (κ1) is 14.6. The van der Waals surface area contributed by atoms with Crippen molar-refractivity contribution >= 4 is 5.97 Å². The number of hydrogen-bond donors (Lipinski definition) is 1. The van der Waals surface area contributed by atoms with Crippen LogP contribution in [0.4, 0.5) is 4.39 Å². The van der Waals surface area contributed by atoms with Crippen LogP contribution in [0.3, 0.4) is 0 Å². The number of hydrogen-bond acceptors (Lipinski definition) is 4. The maximum atomic E-state index is 12.8. The molecule has 0 aliphatic heterocycles. The van der Waals surface area contributed by atoms with Crippen LogP contribution in [-0.2, 0) is 9.53 Å². The SMILES string of the molecule is CCOC(=O)CCNC(CC)c1ccc(F)cn1. The minimum absolute atomic E-state index is 0.0278. The van der Waals surface area contributed by atoms with Gasteiger partial charge in [-0.1, -0.05) is 6.92 Å². The van der Waals surface area contributed by atoms with Gasteiger partial charge in [-0.25, -0.2) is 4.39 Å². The third-order valence-electron chi connectivity index (χ3n) is 2.54. The highest BCUT2D eigenvalue weighted by atomic mass is 19.1. The quantitative estimate of drug-likeness (QED) is 0.758. The molecule has 0 fully saturated rings. The van der Waals surface area contributed by atoms with Gasteiger partial charge in [-0.15, -0.1) is 0 Å². The lowest BCUT2D eigenvalue weighted by molar-refractivity contribution is -0.143. The molecular formula is C13H19FN2O2. The van der Waals surface area contributed by atoms with Crippen molar-refractivity contribution in [2.45, 2.75) is 32.7 Å². The molecule has 0 aliphatic carbocycles. The molecule has 0 radical (unpaired) electrons. The van der Waals surface area contributed by atoms with E-state index in [1.165, 1.54) is 12.3 Å². The summed E-state index contributed by atoms with van der Waals surface area (Å²) in [5, 5.41) is 3.21. The topological polar surface area (TPSA) is 51.2 Å². The molecule has 1 heterocycles. The van der Waals surface area contributed by atoms with Gasteiger partial charge in [-0.2, -0.15) is 0 Å². The normalized spacial score (nSPS) is 12.2. The monoisotopic (exact) mass is 254 g/mol. The van der Waals surface area contributed by atoms with Gasteiger partial charge < -0.3 is 10.1 Å². The number of aromatic nitrogens is 1. The maximum Gasteiger partial charge on any atom is 0.307 e. The highest BCUT2D eigenvalue weighted by Crippen LogP contribution is 2.13. The summed E-state index contributed by atoms with van der Waals surface area (Å²) in [6, 6.07) is 3.07. The smallest absolute Gasteiger partial charge is 0.307 e. The van der Waals surface area contributed by atoms with Gasteiger partial charge in [0.1, 0.15) is 5.82 Å². The first-order valence-electron chi connectivity index (χ1n) is 6.17. The molecule has 0 saturated heterocycles. The second-order valence-electron chi connectivity index (χ2n) is 3.87. The molecule has 0 amide bonds. The number of esters is 1. The number of pyridine rings is 1. The summed E-state index contributed by atoms with van der Waals surface area (Å²) in [5.41, 5.74) is 0.780. The fourth-order valence-corrected chi connectivity index (χ4v) is 1.63. The van der Waals surface area contributed by atoms with Crippen molar-refractivity contribution < 1.29 is 13.9 Å². The molecule has 100 valence electrons. The van der Waals surface area contributed by atoms with Crippen molar-refractivity contribution in [3.05, 3.63) is 29.8 Å². The molecule has 0 aliphatic rings. The van der Waals surface area contributed by atoms with Crippen molar-refractivity contribution in [3.63, 3.8) is 0 Å². The standard InChI is InChI=1S/C13H19FN2O2/c1-3-11(12-6-5-10(14)9-16-12)15-8-7-13(17)18-4-2/h5-6,9,11,15H,3-4,7-8H2,1-2H3. The Labute approximate surface area is 107 Å². The van der Waals surface area contributed by atoms with Gasteiger partial charge in [-0.05, 0) is 25.5 Å². The van der Waals surface area contributed by atoms with Gasteiger partial charge in [0.25, 0.3) is 0 Å². The fraction of sp³-hybridized carbons (Fsp3) is 0.538. The van der Waals surface area contributed by atoms with Crippen LogP contribution < -0.4 is 5.32 Å². The number of halogens is 1. The van der Waals surface area contributed by atoms with E-state index < -0.39 is 0 Å². The van der Waals surface area contributed by atoms with E-state index in [2.05, 4.69) is 10.3 Å². The number of rotatable bonds is 7. The average molecular weight is 254 g/mol. The van der Waals surface area contributed by atoms with E-state index in [-0.39, 0.29) is 17.8 Å². The highest BCUT2D eigenvalue weighted by Gasteiger charge is 2.11. The van der Waals surface area contributed by atoms with E-state index in [9.17, 15) is 9.18 Å². The van der Waals surface area contributed by atoms with E-state index >= 15 is 0 Å². The van der Waals surface area contributed by atoms with E-state index in [1.807, 2.05) is 6.92 Å². The molecule has 4 nitrogen and oxygen atoms in total. The third-order valence-corrected chi connectivity index (χ3v) is 2.54. The zero-order chi connectivity index (χ0) is 13.4. The van der Waals surface area contributed by atoms with Gasteiger partial charge in [0, 0.05) is 12.6 Å². The molecule has 0 aromatic carbocycles. The summed E-state index contributed by atoms with van der Waals surface area (Å²) in [4.78, 5) is 15.2. The predicted molar refractivity (Wildman–Crippen MR) is 66.5 cm³/mol. The Morgan fingerprint density at radius 1 is 1.50 bits per heavy atom. The van der Waals surface area contributed by atoms with E-state index in [0.29, 0.717) is 19.6 Å². The molecule has 1 unspecified atom stereocenters. The van der Waals surface area contributed by atoms with Crippen molar-refractivity contribution in [3.8, 4) is 0 Å². The van der Waals surface area contributed by atoms with Crippen molar-refractivity contribution in [1.29, 1.82) is 0 Å². The molecule has 18 heavy (non-hydrogen) atoms. The Kier molecular flexibility index (Phi) is 6.28. The summed E-state index contributed by atoms with van der Waals surface area (Å²) in [5.74, 6) is -0.563. The zero-order valence-corrected chi connectivity index (χ0v) is 10.8. The summed E-state index contributed by atoms with van der Waals surface area (Å²) < 4.78 is 17.6. The van der Waals surface area contributed by atoms with Crippen LogP contribution >= 0.6 is 0 Å². The van der Waals surface area contributed by atoms with Gasteiger partial charge in [0.05, 0.1) is 24.9 Å². The van der Waals surface area contributed by atoms with Gasteiger partial charge >= 0.3 is 5.97 Å². The van der Waals surface area contributed by atoms with Crippen molar-refractivity contribution in [2.75, 3.05) is 13.2 Å². The summed E-state index contributed by atoms with van der Waals surface area (Å²) in [6.45, 7) is 4.71. The number of carbonyl (C=O) groups is 1. The third kappa shape index (κ3) is 4.79. The summed E-state index contributed by atoms with van der Waals surface area (Å²) in [6.07, 6.45) is 2.35. The van der Waals surface area contributed by atoms with E-state index in [1.54, 1.807) is 13.0 Å². The average Bonchev–Trinajstić information content (AvgIpc) is 2.36. The molecule has 0 bridgehead atoms. The molecule has 1 rings (SSSR count). The number of nitrogens with zero attached hydrogens (tertiary/aromatic N) is 1. The van der Waals surface area contributed by atoms with Crippen molar-refractivity contribution in [2.24, 2.45) is 0 Å². The molecule has 0 spiro atoms. The minimum atomic E-state index is -0.347. The molecule has 5 heteroatoms. The van der Waals surface area contributed by atoms with Crippen LogP contribution in [-0.4, -0.2) is 24.1 Å². The van der Waals surface area contributed by atoms with Gasteiger partial charge in [0.2, 0.25) is 0 Å². The largest absolute Gasteiger partial charge is 0.466 e. The first-order valence-corrected chi connectivity index (χ1v) is 6.17. The molecule has 0 saturated carbocycles. The number of ether oxygens (including phenoxy) is 1. The zero-order valence-electron chi connectivity index (χ0n) is 10.8. The summed E-state index contributed by atoms with van der Waals surface area (Å²) in [7, 11) is 0. The number of carbonyl (C=O) groups excluding carboxylic acids is 1. The Balaban J connectivity index is 2.42. The molecular weight excluding hydrogens is 235 g/mol. The van der Waals surface area contributed by atoms with Crippen LogP contribution in [0.1, 0.15) is 38.4 Å². The lowest BCUT2D eigenvalue weighted by Crippen LogP contribution is -2.25. The minimum Gasteiger partial charge on any atom is -0.466 e. The number of nitrogens with one attached hydrogen (secondary N) is 1. The van der Waals surface area contributed by atoms with Crippen LogP contribution in [0.25, 0.3) is 0 Å². The van der Waals surface area contributed by atoms with Crippen LogP contribution in [0.5, 0.6) is 0 Å². The van der Waals surface area contributed by atoms with Crippen LogP contribution in [0, 0.1) is 5.82 Å². The Bertz CT molecular complexity index is 368. The van der Waals surface area contributed by atoms with Gasteiger partial charge in [0.15, 0.2) is 0 Å². The van der Waals surface area contributed by atoms with Gasteiger partial charge in [-0.3, -0.25) is 9.78 Å². The molecule has 1 aromatic rings. The Morgan fingerprint density at radius 2 is 2.28 bits per heavy atom. The van der Waals surface area contributed by atoms with Crippen LogP contribution in [0.15, 0.2) is 18.3 Å².